The zero-order valence-corrected chi connectivity index (χ0v) is 13.3. The second-order valence-electron chi connectivity index (χ2n) is 4.75. The van der Waals surface area contributed by atoms with E-state index in [1.807, 2.05) is 25.1 Å². The molecule has 0 atom stereocenters. The van der Waals surface area contributed by atoms with Crippen molar-refractivity contribution >= 4 is 46.4 Å². The molecule has 0 radical (unpaired) electrons. The van der Waals surface area contributed by atoms with Gasteiger partial charge in [-0.3, -0.25) is 9.59 Å². The minimum absolute atomic E-state index is 0.293. The fourth-order valence-electron chi connectivity index (χ4n) is 1.88. The molecule has 0 spiro atoms. The maximum atomic E-state index is 11.9. The van der Waals surface area contributed by atoms with Crippen LogP contribution in [-0.2, 0) is 9.59 Å². The third kappa shape index (κ3) is 4.76. The first-order chi connectivity index (χ1) is 10.4. The van der Waals surface area contributed by atoms with Crippen LogP contribution in [0.3, 0.4) is 0 Å². The van der Waals surface area contributed by atoms with Crippen LogP contribution in [0.15, 0.2) is 42.5 Å². The summed E-state index contributed by atoms with van der Waals surface area (Å²) >= 11 is 11.7. The molecule has 0 saturated heterocycles. The maximum Gasteiger partial charge on any atom is 0.233 e. The number of aryl methyl sites for hydroxylation is 1. The Bertz CT molecular complexity index is 697. The molecule has 4 nitrogen and oxygen atoms in total. The normalized spacial score (nSPS) is 10.1. The summed E-state index contributed by atoms with van der Waals surface area (Å²) in [5.74, 6) is -0.829. The van der Waals surface area contributed by atoms with Crippen molar-refractivity contribution < 1.29 is 9.59 Å². The average molecular weight is 337 g/mol. The molecule has 2 N–H and O–H groups in total. The molecule has 0 bridgehead atoms. The predicted molar refractivity (Wildman–Crippen MR) is 89.5 cm³/mol. The van der Waals surface area contributed by atoms with E-state index in [0.29, 0.717) is 21.4 Å². The molecule has 0 aliphatic heterocycles. The lowest BCUT2D eigenvalue weighted by molar-refractivity contribution is -0.123. The van der Waals surface area contributed by atoms with Gasteiger partial charge in [0.2, 0.25) is 11.8 Å². The number of nitrogens with one attached hydrogen (secondary N) is 2. The summed E-state index contributed by atoms with van der Waals surface area (Å²) in [5, 5.41) is 6.10. The highest BCUT2D eigenvalue weighted by atomic mass is 35.5. The monoisotopic (exact) mass is 336 g/mol. The Hall–Kier alpha value is -2.04. The van der Waals surface area contributed by atoms with Gasteiger partial charge in [0, 0.05) is 21.4 Å². The van der Waals surface area contributed by atoms with Crippen LogP contribution in [-0.4, -0.2) is 11.8 Å². The van der Waals surface area contributed by atoms with Gasteiger partial charge >= 0.3 is 0 Å². The molecule has 0 fully saturated rings. The lowest BCUT2D eigenvalue weighted by Crippen LogP contribution is -2.21. The molecule has 2 aromatic rings. The topological polar surface area (TPSA) is 58.2 Å². The molecule has 2 aromatic carbocycles. The van der Waals surface area contributed by atoms with E-state index < -0.39 is 5.91 Å². The Morgan fingerprint density at radius 3 is 2.18 bits per heavy atom. The van der Waals surface area contributed by atoms with Crippen LogP contribution < -0.4 is 10.6 Å². The molecule has 0 aromatic heterocycles. The smallest absolute Gasteiger partial charge is 0.233 e. The molecule has 6 heteroatoms. The predicted octanol–water partition coefficient (Wildman–Crippen LogP) is 4.27. The van der Waals surface area contributed by atoms with Gasteiger partial charge in [0.25, 0.3) is 0 Å². The summed E-state index contributed by atoms with van der Waals surface area (Å²) in [4.78, 5) is 23.7. The van der Waals surface area contributed by atoms with Crippen molar-refractivity contribution in [1.82, 2.24) is 0 Å². The third-order valence-corrected chi connectivity index (χ3v) is 3.32. The SMILES string of the molecule is Cc1ccccc1NC(=O)CC(=O)Nc1cc(Cl)cc(Cl)c1. The van der Waals surface area contributed by atoms with Gasteiger partial charge in [0.15, 0.2) is 0 Å². The minimum Gasteiger partial charge on any atom is -0.326 e. The highest BCUT2D eigenvalue weighted by molar-refractivity contribution is 6.35. The van der Waals surface area contributed by atoms with Gasteiger partial charge in [-0.2, -0.15) is 0 Å². The van der Waals surface area contributed by atoms with Gasteiger partial charge in [-0.15, -0.1) is 0 Å². The number of anilines is 2. The first-order valence-corrected chi connectivity index (χ1v) is 7.31. The molecule has 2 amide bonds. The third-order valence-electron chi connectivity index (χ3n) is 2.89. The van der Waals surface area contributed by atoms with Gasteiger partial charge in [0.1, 0.15) is 6.42 Å². The van der Waals surface area contributed by atoms with E-state index in [-0.39, 0.29) is 12.3 Å². The highest BCUT2D eigenvalue weighted by Gasteiger charge is 2.11. The van der Waals surface area contributed by atoms with Crippen molar-refractivity contribution in [2.24, 2.45) is 0 Å². The molecule has 2 rings (SSSR count). The highest BCUT2D eigenvalue weighted by Crippen LogP contribution is 2.22. The molecular formula is C16H14Cl2N2O2. The Kier molecular flexibility index (Phi) is 5.41. The van der Waals surface area contributed by atoms with Gasteiger partial charge < -0.3 is 10.6 Å². The minimum atomic E-state index is -0.440. The number of hydrogen-bond acceptors (Lipinski definition) is 2. The summed E-state index contributed by atoms with van der Waals surface area (Å²) < 4.78 is 0. The number of halogens is 2. The van der Waals surface area contributed by atoms with E-state index in [4.69, 9.17) is 23.2 Å². The number of carbonyl (C=O) groups is 2. The number of hydrogen-bond donors (Lipinski definition) is 2. The molecular weight excluding hydrogens is 323 g/mol. The zero-order valence-electron chi connectivity index (χ0n) is 11.8. The van der Waals surface area contributed by atoms with E-state index >= 15 is 0 Å². The fourth-order valence-corrected chi connectivity index (χ4v) is 2.41. The molecule has 0 heterocycles. The number of benzene rings is 2. The van der Waals surface area contributed by atoms with Crippen molar-refractivity contribution in [3.05, 3.63) is 58.1 Å². The van der Waals surface area contributed by atoms with Crippen molar-refractivity contribution in [2.75, 3.05) is 10.6 Å². The average Bonchev–Trinajstić information content (AvgIpc) is 2.39. The number of para-hydroxylation sites is 1. The van der Waals surface area contributed by atoms with Crippen LogP contribution in [0, 0.1) is 6.92 Å². The molecule has 22 heavy (non-hydrogen) atoms. The summed E-state index contributed by atoms with van der Waals surface area (Å²) in [6.45, 7) is 1.88. The van der Waals surface area contributed by atoms with Crippen molar-refractivity contribution in [3.63, 3.8) is 0 Å². The lowest BCUT2D eigenvalue weighted by atomic mass is 10.2. The van der Waals surface area contributed by atoms with Crippen LogP contribution in [0.2, 0.25) is 10.0 Å². The van der Waals surface area contributed by atoms with E-state index in [1.54, 1.807) is 24.3 Å². The van der Waals surface area contributed by atoms with E-state index in [1.165, 1.54) is 0 Å². The quantitative estimate of drug-likeness (QED) is 0.819. The molecule has 0 unspecified atom stereocenters. The molecule has 0 aliphatic carbocycles. The summed E-state index contributed by atoms with van der Waals surface area (Å²) in [7, 11) is 0. The van der Waals surface area contributed by atoms with Gasteiger partial charge in [-0.1, -0.05) is 41.4 Å². The first-order valence-electron chi connectivity index (χ1n) is 6.55. The van der Waals surface area contributed by atoms with Gasteiger partial charge in [-0.05, 0) is 36.8 Å². The molecule has 0 saturated carbocycles. The van der Waals surface area contributed by atoms with Crippen LogP contribution in [0.25, 0.3) is 0 Å². The standard InChI is InChI=1S/C16H14Cl2N2O2/c1-10-4-2-3-5-14(10)20-16(22)9-15(21)19-13-7-11(17)6-12(18)8-13/h2-8H,9H2,1H3,(H,19,21)(H,20,22). The maximum absolute atomic E-state index is 11.9. The van der Waals surface area contributed by atoms with E-state index in [9.17, 15) is 9.59 Å². The van der Waals surface area contributed by atoms with Gasteiger partial charge in [0.05, 0.1) is 0 Å². The first kappa shape index (κ1) is 16.3. The van der Waals surface area contributed by atoms with Crippen LogP contribution in [0.4, 0.5) is 11.4 Å². The number of amides is 2. The fraction of sp³-hybridized carbons (Fsp3) is 0.125. The summed E-state index contributed by atoms with van der Waals surface area (Å²) in [6, 6.07) is 12.0. The summed E-state index contributed by atoms with van der Waals surface area (Å²) in [5.41, 5.74) is 2.06. The van der Waals surface area contributed by atoms with E-state index in [0.717, 1.165) is 5.56 Å². The van der Waals surface area contributed by atoms with Crippen molar-refractivity contribution in [3.8, 4) is 0 Å². The molecule has 0 aliphatic rings. The second kappa shape index (κ2) is 7.29. The Morgan fingerprint density at radius 2 is 1.55 bits per heavy atom. The van der Waals surface area contributed by atoms with Crippen LogP contribution >= 0.6 is 23.2 Å². The van der Waals surface area contributed by atoms with Crippen LogP contribution in [0.1, 0.15) is 12.0 Å². The zero-order chi connectivity index (χ0) is 16.1. The molecule has 114 valence electrons. The summed E-state index contributed by atoms with van der Waals surface area (Å²) in [6.07, 6.45) is -0.293. The Morgan fingerprint density at radius 1 is 0.955 bits per heavy atom. The van der Waals surface area contributed by atoms with Crippen molar-refractivity contribution in [2.45, 2.75) is 13.3 Å². The van der Waals surface area contributed by atoms with E-state index in [2.05, 4.69) is 10.6 Å². The lowest BCUT2D eigenvalue weighted by Gasteiger charge is -2.09. The van der Waals surface area contributed by atoms with Gasteiger partial charge in [-0.25, -0.2) is 0 Å². The number of rotatable bonds is 4. The largest absolute Gasteiger partial charge is 0.326 e. The Balaban J connectivity index is 1.94. The Labute approximate surface area is 138 Å². The number of carbonyl (C=O) groups excluding carboxylic acids is 2. The second-order valence-corrected chi connectivity index (χ2v) is 5.62. The van der Waals surface area contributed by atoms with Crippen LogP contribution in [0.5, 0.6) is 0 Å². The van der Waals surface area contributed by atoms with Crippen molar-refractivity contribution in [1.29, 1.82) is 0 Å².